The Labute approximate surface area is 121 Å². The molecule has 20 heavy (non-hydrogen) atoms. The molecule has 1 aliphatic heterocycles. The van der Waals surface area contributed by atoms with Gasteiger partial charge in [-0.25, -0.2) is 0 Å². The third-order valence-electron chi connectivity index (χ3n) is 3.73. The fraction of sp³-hybridized carbons (Fsp3) is 0.588. The van der Waals surface area contributed by atoms with E-state index in [1.807, 2.05) is 30.9 Å². The summed E-state index contributed by atoms with van der Waals surface area (Å²) < 4.78 is 5.67. The highest BCUT2D eigenvalue weighted by atomic mass is 16.5. The molecule has 1 aromatic carbocycles. The summed E-state index contributed by atoms with van der Waals surface area (Å²) in [6.07, 6.45) is 3.73. The number of hydrogen-bond donors (Lipinski definition) is 0. The van der Waals surface area contributed by atoms with E-state index >= 15 is 0 Å². The molecule has 1 aliphatic rings. The van der Waals surface area contributed by atoms with Gasteiger partial charge in [-0.15, -0.1) is 0 Å². The van der Waals surface area contributed by atoms with Gasteiger partial charge in [0, 0.05) is 18.7 Å². The molecule has 3 heteroatoms. The fourth-order valence-corrected chi connectivity index (χ4v) is 2.72. The summed E-state index contributed by atoms with van der Waals surface area (Å²) in [6, 6.07) is 8.07. The summed E-state index contributed by atoms with van der Waals surface area (Å²) in [5.41, 5.74) is 2.10. The van der Waals surface area contributed by atoms with Crippen LogP contribution < -0.4 is 0 Å². The molecule has 1 fully saturated rings. The average molecular weight is 275 g/mol. The largest absolute Gasteiger partial charge is 0.372 e. The second-order valence-corrected chi connectivity index (χ2v) is 5.77. The van der Waals surface area contributed by atoms with E-state index in [9.17, 15) is 4.79 Å². The van der Waals surface area contributed by atoms with Crippen molar-refractivity contribution < 1.29 is 9.53 Å². The zero-order chi connectivity index (χ0) is 14.5. The van der Waals surface area contributed by atoms with Gasteiger partial charge >= 0.3 is 0 Å². The zero-order valence-corrected chi connectivity index (χ0v) is 12.8. The maximum atomic E-state index is 12.5. The molecule has 1 heterocycles. The highest BCUT2D eigenvalue weighted by molar-refractivity contribution is 5.94. The highest BCUT2D eigenvalue weighted by Gasteiger charge is 2.26. The first-order chi connectivity index (χ1) is 9.60. The van der Waals surface area contributed by atoms with Crippen LogP contribution in [0.5, 0.6) is 0 Å². The van der Waals surface area contributed by atoms with Crippen LogP contribution in [0.4, 0.5) is 0 Å². The molecule has 2 unspecified atom stereocenters. The smallest absolute Gasteiger partial charge is 0.254 e. The summed E-state index contributed by atoms with van der Waals surface area (Å²) in [7, 11) is 0. The Bertz CT molecular complexity index is 431. The van der Waals surface area contributed by atoms with Crippen molar-refractivity contribution in [2.45, 2.75) is 52.2 Å². The van der Waals surface area contributed by atoms with Crippen LogP contribution in [0.25, 0.3) is 0 Å². The van der Waals surface area contributed by atoms with E-state index in [4.69, 9.17) is 4.74 Å². The Morgan fingerprint density at radius 3 is 2.35 bits per heavy atom. The number of carbonyl (C=O) groups is 1. The second kappa shape index (κ2) is 6.89. The number of carbonyl (C=O) groups excluding carboxylic acids is 1. The molecule has 0 bridgehead atoms. The molecule has 1 saturated heterocycles. The van der Waals surface area contributed by atoms with Gasteiger partial charge in [-0.2, -0.15) is 0 Å². The van der Waals surface area contributed by atoms with E-state index in [2.05, 4.69) is 19.1 Å². The summed E-state index contributed by atoms with van der Waals surface area (Å²) >= 11 is 0. The van der Waals surface area contributed by atoms with Gasteiger partial charge in [0.2, 0.25) is 0 Å². The van der Waals surface area contributed by atoms with Crippen molar-refractivity contribution in [1.82, 2.24) is 4.90 Å². The Morgan fingerprint density at radius 1 is 1.20 bits per heavy atom. The van der Waals surface area contributed by atoms with E-state index in [1.165, 1.54) is 18.4 Å². The van der Waals surface area contributed by atoms with Gasteiger partial charge < -0.3 is 9.64 Å². The molecule has 110 valence electrons. The van der Waals surface area contributed by atoms with Crippen molar-refractivity contribution in [2.24, 2.45) is 0 Å². The lowest BCUT2D eigenvalue weighted by Gasteiger charge is -2.35. The van der Waals surface area contributed by atoms with Crippen LogP contribution in [-0.4, -0.2) is 36.1 Å². The second-order valence-electron chi connectivity index (χ2n) is 5.77. The van der Waals surface area contributed by atoms with Gasteiger partial charge in [0.05, 0.1) is 12.2 Å². The van der Waals surface area contributed by atoms with Crippen LogP contribution in [-0.2, 0) is 11.2 Å². The molecular formula is C17H25NO2. The topological polar surface area (TPSA) is 29.5 Å². The van der Waals surface area contributed by atoms with Gasteiger partial charge in [0.15, 0.2) is 0 Å². The van der Waals surface area contributed by atoms with Gasteiger partial charge in [0.25, 0.3) is 5.91 Å². The van der Waals surface area contributed by atoms with Crippen molar-refractivity contribution in [3.63, 3.8) is 0 Å². The zero-order valence-electron chi connectivity index (χ0n) is 12.8. The first-order valence-corrected chi connectivity index (χ1v) is 7.63. The summed E-state index contributed by atoms with van der Waals surface area (Å²) in [6.45, 7) is 7.59. The number of ether oxygens (including phenoxy) is 1. The van der Waals surface area contributed by atoms with E-state index < -0.39 is 0 Å². The van der Waals surface area contributed by atoms with Gasteiger partial charge in [-0.05, 0) is 44.4 Å². The normalized spacial score (nSPS) is 22.9. The van der Waals surface area contributed by atoms with Crippen LogP contribution >= 0.6 is 0 Å². The molecule has 0 N–H and O–H groups in total. The van der Waals surface area contributed by atoms with Gasteiger partial charge in [-0.1, -0.05) is 25.5 Å². The minimum Gasteiger partial charge on any atom is -0.372 e. The van der Waals surface area contributed by atoms with Crippen LogP contribution in [0, 0.1) is 0 Å². The number of amides is 1. The first kappa shape index (κ1) is 15.0. The average Bonchev–Trinajstić information content (AvgIpc) is 2.44. The number of morpholine rings is 1. The monoisotopic (exact) mass is 275 g/mol. The first-order valence-electron chi connectivity index (χ1n) is 7.63. The number of rotatable bonds is 4. The lowest BCUT2D eigenvalue weighted by molar-refractivity contribution is -0.0586. The molecule has 1 aromatic rings. The Morgan fingerprint density at radius 2 is 1.80 bits per heavy atom. The molecule has 0 spiro atoms. The Hall–Kier alpha value is -1.35. The minimum atomic E-state index is 0.117. The lowest BCUT2D eigenvalue weighted by Crippen LogP contribution is -2.48. The Kier molecular flexibility index (Phi) is 5.18. The molecule has 0 saturated carbocycles. The maximum absolute atomic E-state index is 12.5. The van der Waals surface area contributed by atoms with Crippen molar-refractivity contribution in [3.8, 4) is 0 Å². The molecule has 0 aromatic heterocycles. The third-order valence-corrected chi connectivity index (χ3v) is 3.73. The van der Waals surface area contributed by atoms with Gasteiger partial charge in [-0.3, -0.25) is 4.79 Å². The molecule has 2 rings (SSSR count). The third kappa shape index (κ3) is 3.83. The predicted octanol–water partition coefficient (Wildman–Crippen LogP) is 3.28. The molecular weight excluding hydrogens is 250 g/mol. The molecule has 3 nitrogen and oxygen atoms in total. The van der Waals surface area contributed by atoms with Crippen LogP contribution in [0.15, 0.2) is 24.3 Å². The van der Waals surface area contributed by atoms with Crippen LogP contribution in [0.2, 0.25) is 0 Å². The fourth-order valence-electron chi connectivity index (χ4n) is 2.72. The minimum absolute atomic E-state index is 0.117. The van der Waals surface area contributed by atoms with Crippen LogP contribution in [0.3, 0.4) is 0 Å². The van der Waals surface area contributed by atoms with Gasteiger partial charge in [0.1, 0.15) is 0 Å². The highest BCUT2D eigenvalue weighted by Crippen LogP contribution is 2.15. The molecule has 1 amide bonds. The number of benzene rings is 1. The molecule has 0 radical (unpaired) electrons. The van der Waals surface area contributed by atoms with E-state index in [-0.39, 0.29) is 18.1 Å². The molecule has 0 aliphatic carbocycles. The molecule has 2 atom stereocenters. The van der Waals surface area contributed by atoms with E-state index in [1.54, 1.807) is 0 Å². The van der Waals surface area contributed by atoms with Crippen molar-refractivity contribution in [1.29, 1.82) is 0 Å². The summed E-state index contributed by atoms with van der Waals surface area (Å²) in [5, 5.41) is 0. The number of hydrogen-bond acceptors (Lipinski definition) is 2. The number of nitrogens with zero attached hydrogens (tertiary/aromatic N) is 1. The number of aryl methyl sites for hydroxylation is 1. The maximum Gasteiger partial charge on any atom is 0.254 e. The summed E-state index contributed by atoms with van der Waals surface area (Å²) in [5.74, 6) is 0.119. The number of unbranched alkanes of at least 4 members (excludes halogenated alkanes) is 1. The standard InChI is InChI=1S/C17H25NO2/c1-4-5-6-15-7-9-16(10-8-15)17(19)18-11-13(2)20-14(3)12-18/h7-10,13-14H,4-6,11-12H2,1-3H3. The lowest BCUT2D eigenvalue weighted by atomic mass is 10.1. The quantitative estimate of drug-likeness (QED) is 0.844. The summed E-state index contributed by atoms with van der Waals surface area (Å²) in [4.78, 5) is 14.4. The van der Waals surface area contributed by atoms with Crippen molar-refractivity contribution in [3.05, 3.63) is 35.4 Å². The van der Waals surface area contributed by atoms with E-state index in [0.717, 1.165) is 12.0 Å². The SMILES string of the molecule is CCCCc1ccc(C(=O)N2CC(C)OC(C)C2)cc1. The van der Waals surface area contributed by atoms with Crippen LogP contribution in [0.1, 0.15) is 49.5 Å². The van der Waals surface area contributed by atoms with Crippen molar-refractivity contribution in [2.75, 3.05) is 13.1 Å². The Balaban J connectivity index is 2.01. The van der Waals surface area contributed by atoms with Crippen molar-refractivity contribution >= 4 is 5.91 Å². The predicted molar refractivity (Wildman–Crippen MR) is 81.0 cm³/mol. The van der Waals surface area contributed by atoms with E-state index in [0.29, 0.717) is 13.1 Å².